The Morgan fingerprint density at radius 1 is 1.53 bits per heavy atom. The number of benzene rings is 1. The standard InChI is InChI=1S/C11H13BrFNO4S/c1-3-18-11(15)7(2)14-19(16,17)10-5-4-8(13)6-9(10)12/h4-7,14H,3H2,1-2H3. The Morgan fingerprint density at radius 3 is 2.68 bits per heavy atom. The van der Waals surface area contributed by atoms with Crippen molar-refractivity contribution in [3.8, 4) is 0 Å². The number of carbonyl (C=O) groups is 1. The average molecular weight is 354 g/mol. The molecule has 1 unspecified atom stereocenters. The van der Waals surface area contributed by atoms with Crippen LogP contribution in [0.25, 0.3) is 0 Å². The predicted octanol–water partition coefficient (Wildman–Crippen LogP) is 1.82. The molecular formula is C11H13BrFNO4S. The number of hydrogen-bond acceptors (Lipinski definition) is 4. The molecule has 5 nitrogen and oxygen atoms in total. The fourth-order valence-electron chi connectivity index (χ4n) is 1.30. The van der Waals surface area contributed by atoms with Crippen molar-refractivity contribution in [2.45, 2.75) is 24.8 Å². The third-order valence-electron chi connectivity index (χ3n) is 2.16. The van der Waals surface area contributed by atoms with Crippen molar-refractivity contribution in [1.82, 2.24) is 4.72 Å². The zero-order valence-corrected chi connectivity index (χ0v) is 12.7. The van der Waals surface area contributed by atoms with Gasteiger partial charge in [0.15, 0.2) is 0 Å². The summed E-state index contributed by atoms with van der Waals surface area (Å²) in [7, 11) is -3.93. The number of nitrogens with one attached hydrogen (secondary N) is 1. The lowest BCUT2D eigenvalue weighted by Crippen LogP contribution is -2.39. The van der Waals surface area contributed by atoms with Gasteiger partial charge in [0.2, 0.25) is 10.0 Å². The molecular weight excluding hydrogens is 341 g/mol. The first-order valence-corrected chi connectivity index (χ1v) is 7.69. The molecule has 0 fully saturated rings. The van der Waals surface area contributed by atoms with Crippen LogP contribution in [0.5, 0.6) is 0 Å². The molecule has 0 aliphatic carbocycles. The highest BCUT2D eigenvalue weighted by Gasteiger charge is 2.24. The molecule has 0 aliphatic heterocycles. The Labute approximate surface area is 119 Å². The van der Waals surface area contributed by atoms with E-state index in [1.807, 2.05) is 0 Å². The minimum atomic E-state index is -3.93. The van der Waals surface area contributed by atoms with Gasteiger partial charge in [0.25, 0.3) is 0 Å². The molecule has 0 spiro atoms. The fourth-order valence-corrected chi connectivity index (χ4v) is 3.55. The summed E-state index contributed by atoms with van der Waals surface area (Å²) in [5.41, 5.74) is 0. The third-order valence-corrected chi connectivity index (χ3v) is 4.67. The highest BCUT2D eigenvalue weighted by Crippen LogP contribution is 2.22. The van der Waals surface area contributed by atoms with Gasteiger partial charge >= 0.3 is 5.97 Å². The van der Waals surface area contributed by atoms with Crippen LogP contribution in [0.4, 0.5) is 4.39 Å². The Balaban J connectivity index is 2.95. The van der Waals surface area contributed by atoms with E-state index >= 15 is 0 Å². The maximum Gasteiger partial charge on any atom is 0.323 e. The molecule has 1 atom stereocenters. The molecule has 1 aromatic rings. The zero-order chi connectivity index (χ0) is 14.6. The van der Waals surface area contributed by atoms with Gasteiger partial charge in [-0.05, 0) is 48.0 Å². The summed E-state index contributed by atoms with van der Waals surface area (Å²) in [5, 5.41) is 0. The minimum absolute atomic E-state index is 0.0797. The van der Waals surface area contributed by atoms with E-state index < -0.39 is 27.9 Å². The van der Waals surface area contributed by atoms with Crippen molar-refractivity contribution in [2.75, 3.05) is 6.61 Å². The summed E-state index contributed by atoms with van der Waals surface area (Å²) in [6.45, 7) is 3.15. The van der Waals surface area contributed by atoms with Gasteiger partial charge in [-0.2, -0.15) is 4.72 Å². The molecule has 0 bridgehead atoms. The van der Waals surface area contributed by atoms with Gasteiger partial charge < -0.3 is 4.74 Å². The van der Waals surface area contributed by atoms with Gasteiger partial charge in [0.1, 0.15) is 11.9 Å². The highest BCUT2D eigenvalue weighted by molar-refractivity contribution is 9.10. The van der Waals surface area contributed by atoms with Gasteiger partial charge in [0, 0.05) is 4.47 Å². The van der Waals surface area contributed by atoms with Crippen LogP contribution in [-0.4, -0.2) is 27.0 Å². The largest absolute Gasteiger partial charge is 0.465 e. The first-order chi connectivity index (χ1) is 8.77. The highest BCUT2D eigenvalue weighted by atomic mass is 79.9. The summed E-state index contributed by atoms with van der Waals surface area (Å²) < 4.78 is 43.9. The van der Waals surface area contributed by atoms with Crippen LogP contribution in [0.15, 0.2) is 27.6 Å². The van der Waals surface area contributed by atoms with E-state index in [-0.39, 0.29) is 16.0 Å². The van der Waals surface area contributed by atoms with Crippen LogP contribution in [0, 0.1) is 5.82 Å². The summed E-state index contributed by atoms with van der Waals surface area (Å²) in [5.74, 6) is -1.24. The van der Waals surface area contributed by atoms with Crippen molar-refractivity contribution < 1.29 is 22.3 Å². The van der Waals surface area contributed by atoms with Gasteiger partial charge in [-0.25, -0.2) is 12.8 Å². The second-order valence-corrected chi connectivity index (χ2v) is 6.21. The number of hydrogen-bond donors (Lipinski definition) is 1. The molecule has 106 valence electrons. The molecule has 19 heavy (non-hydrogen) atoms. The van der Waals surface area contributed by atoms with Crippen LogP contribution in [-0.2, 0) is 19.6 Å². The quantitative estimate of drug-likeness (QED) is 0.819. The van der Waals surface area contributed by atoms with Crippen molar-refractivity contribution in [1.29, 1.82) is 0 Å². The van der Waals surface area contributed by atoms with Gasteiger partial charge in [0.05, 0.1) is 11.5 Å². The smallest absolute Gasteiger partial charge is 0.323 e. The molecule has 0 aliphatic rings. The lowest BCUT2D eigenvalue weighted by Gasteiger charge is -2.13. The Bertz CT molecular complexity index is 576. The van der Waals surface area contributed by atoms with E-state index in [9.17, 15) is 17.6 Å². The molecule has 0 amide bonds. The molecule has 0 saturated heterocycles. The number of ether oxygens (including phenoxy) is 1. The molecule has 1 N–H and O–H groups in total. The maximum atomic E-state index is 12.9. The predicted molar refractivity (Wildman–Crippen MR) is 70.5 cm³/mol. The number of sulfonamides is 1. The Hall–Kier alpha value is -0.990. The summed E-state index contributed by atoms with van der Waals surface area (Å²) in [4.78, 5) is 11.2. The fraction of sp³-hybridized carbons (Fsp3) is 0.364. The first-order valence-electron chi connectivity index (χ1n) is 5.42. The maximum absolute atomic E-state index is 12.9. The summed E-state index contributed by atoms with van der Waals surface area (Å²) >= 11 is 2.97. The van der Waals surface area contributed by atoms with E-state index in [0.29, 0.717) is 0 Å². The van der Waals surface area contributed by atoms with Crippen LogP contribution in [0.1, 0.15) is 13.8 Å². The Kier molecular flexibility index (Phi) is 5.45. The van der Waals surface area contributed by atoms with Gasteiger partial charge in [-0.15, -0.1) is 0 Å². The molecule has 8 heteroatoms. The topological polar surface area (TPSA) is 72.5 Å². The number of rotatable bonds is 5. The number of halogens is 2. The van der Waals surface area contributed by atoms with Crippen molar-refractivity contribution >= 4 is 31.9 Å². The minimum Gasteiger partial charge on any atom is -0.465 e. The van der Waals surface area contributed by atoms with Crippen LogP contribution in [0.3, 0.4) is 0 Å². The average Bonchev–Trinajstić information content (AvgIpc) is 2.27. The van der Waals surface area contributed by atoms with E-state index in [1.54, 1.807) is 6.92 Å². The SMILES string of the molecule is CCOC(=O)C(C)NS(=O)(=O)c1ccc(F)cc1Br. The van der Waals surface area contributed by atoms with Crippen molar-refractivity contribution in [3.63, 3.8) is 0 Å². The molecule has 0 aromatic heterocycles. The lowest BCUT2D eigenvalue weighted by molar-refractivity contribution is -0.144. The van der Waals surface area contributed by atoms with E-state index in [0.717, 1.165) is 18.2 Å². The number of carbonyl (C=O) groups excluding carboxylic acids is 1. The number of esters is 1. The van der Waals surface area contributed by atoms with Gasteiger partial charge in [-0.3, -0.25) is 4.79 Å². The molecule has 0 saturated carbocycles. The van der Waals surface area contributed by atoms with E-state index in [4.69, 9.17) is 4.74 Å². The van der Waals surface area contributed by atoms with Gasteiger partial charge in [-0.1, -0.05) is 0 Å². The molecule has 0 heterocycles. The molecule has 1 rings (SSSR count). The van der Waals surface area contributed by atoms with Crippen LogP contribution in [0.2, 0.25) is 0 Å². The molecule has 0 radical (unpaired) electrons. The summed E-state index contributed by atoms with van der Waals surface area (Å²) in [6, 6.07) is 2.14. The summed E-state index contributed by atoms with van der Waals surface area (Å²) in [6.07, 6.45) is 0. The van der Waals surface area contributed by atoms with Crippen LogP contribution >= 0.6 is 15.9 Å². The zero-order valence-electron chi connectivity index (χ0n) is 10.3. The Morgan fingerprint density at radius 2 is 2.16 bits per heavy atom. The lowest BCUT2D eigenvalue weighted by atomic mass is 10.3. The second-order valence-electron chi connectivity index (χ2n) is 3.67. The van der Waals surface area contributed by atoms with Crippen molar-refractivity contribution in [3.05, 3.63) is 28.5 Å². The first kappa shape index (κ1) is 16.1. The normalized spacial score (nSPS) is 13.1. The molecule has 1 aromatic carbocycles. The monoisotopic (exact) mass is 353 g/mol. The second kappa shape index (κ2) is 6.44. The van der Waals surface area contributed by atoms with E-state index in [2.05, 4.69) is 20.7 Å². The third kappa shape index (κ3) is 4.26. The van der Waals surface area contributed by atoms with E-state index in [1.165, 1.54) is 6.92 Å². The van der Waals surface area contributed by atoms with Crippen molar-refractivity contribution in [2.24, 2.45) is 0 Å². The van der Waals surface area contributed by atoms with Crippen LogP contribution < -0.4 is 4.72 Å².